The van der Waals surface area contributed by atoms with Gasteiger partial charge in [0.1, 0.15) is 0 Å². The number of carboxylic acids is 1. The molecule has 1 unspecified atom stereocenters. The fourth-order valence-corrected chi connectivity index (χ4v) is 3.02. The summed E-state index contributed by atoms with van der Waals surface area (Å²) < 4.78 is 0. The SMILES string of the molecule is Cc1cccc(CNC(=O)CN2CC(N(C)CC(=O)O)[C@H](O)C2)c1. The van der Waals surface area contributed by atoms with Gasteiger partial charge in [0.2, 0.25) is 5.91 Å². The van der Waals surface area contributed by atoms with Crippen LogP contribution in [0.15, 0.2) is 24.3 Å². The van der Waals surface area contributed by atoms with E-state index in [0.29, 0.717) is 19.6 Å². The van der Waals surface area contributed by atoms with Crippen molar-refractivity contribution in [2.24, 2.45) is 0 Å². The quantitative estimate of drug-likeness (QED) is 0.632. The van der Waals surface area contributed by atoms with Gasteiger partial charge in [0.25, 0.3) is 0 Å². The summed E-state index contributed by atoms with van der Waals surface area (Å²) in [7, 11) is 1.67. The van der Waals surface area contributed by atoms with E-state index in [-0.39, 0.29) is 25.0 Å². The number of β-amino-alcohol motifs (C(OH)–C–C–N with tert-alkyl or cyclic N) is 1. The van der Waals surface area contributed by atoms with Crippen LogP contribution in [0.2, 0.25) is 0 Å². The second-order valence-electron chi connectivity index (χ2n) is 6.40. The Morgan fingerprint density at radius 2 is 2.12 bits per heavy atom. The van der Waals surface area contributed by atoms with Crippen LogP contribution in [0.3, 0.4) is 0 Å². The van der Waals surface area contributed by atoms with Gasteiger partial charge in [-0.25, -0.2) is 0 Å². The number of aliphatic carboxylic acids is 1. The first-order valence-corrected chi connectivity index (χ1v) is 8.00. The maximum absolute atomic E-state index is 12.1. The van der Waals surface area contributed by atoms with Crippen molar-refractivity contribution >= 4 is 11.9 Å². The Balaban J connectivity index is 1.79. The summed E-state index contributed by atoms with van der Waals surface area (Å²) in [5.41, 5.74) is 2.19. The molecule has 1 aliphatic heterocycles. The van der Waals surface area contributed by atoms with Gasteiger partial charge in [0.05, 0.1) is 19.2 Å². The molecule has 3 N–H and O–H groups in total. The molecule has 1 heterocycles. The first-order chi connectivity index (χ1) is 11.3. The van der Waals surface area contributed by atoms with Crippen LogP contribution in [0.1, 0.15) is 11.1 Å². The van der Waals surface area contributed by atoms with Gasteiger partial charge in [-0.1, -0.05) is 29.8 Å². The van der Waals surface area contributed by atoms with Crippen LogP contribution in [0, 0.1) is 6.92 Å². The number of aliphatic hydroxyl groups is 1. The van der Waals surface area contributed by atoms with Crippen LogP contribution in [0.25, 0.3) is 0 Å². The molecule has 1 aromatic carbocycles. The van der Waals surface area contributed by atoms with Crippen LogP contribution in [0.4, 0.5) is 0 Å². The summed E-state index contributed by atoms with van der Waals surface area (Å²) in [6.45, 7) is 3.38. The average Bonchev–Trinajstić information content (AvgIpc) is 2.85. The number of carbonyl (C=O) groups is 2. The average molecular weight is 335 g/mol. The Hall–Kier alpha value is -1.96. The third-order valence-corrected chi connectivity index (χ3v) is 4.22. The lowest BCUT2D eigenvalue weighted by molar-refractivity contribution is -0.138. The highest BCUT2D eigenvalue weighted by atomic mass is 16.4. The van der Waals surface area contributed by atoms with Crippen LogP contribution >= 0.6 is 0 Å². The summed E-state index contributed by atoms with van der Waals surface area (Å²) in [4.78, 5) is 26.3. The Morgan fingerprint density at radius 1 is 1.38 bits per heavy atom. The first-order valence-electron chi connectivity index (χ1n) is 8.00. The van der Waals surface area contributed by atoms with E-state index in [1.54, 1.807) is 11.9 Å². The lowest BCUT2D eigenvalue weighted by Gasteiger charge is -2.24. The summed E-state index contributed by atoms with van der Waals surface area (Å²) >= 11 is 0. The highest BCUT2D eigenvalue weighted by Crippen LogP contribution is 2.14. The smallest absolute Gasteiger partial charge is 0.317 e. The second-order valence-corrected chi connectivity index (χ2v) is 6.40. The van der Waals surface area contributed by atoms with E-state index >= 15 is 0 Å². The number of aliphatic hydroxyl groups excluding tert-OH is 1. The van der Waals surface area contributed by atoms with E-state index in [4.69, 9.17) is 5.11 Å². The van der Waals surface area contributed by atoms with Crippen molar-refractivity contribution in [2.75, 3.05) is 33.2 Å². The molecule has 1 aromatic rings. The van der Waals surface area contributed by atoms with Gasteiger partial charge in [0, 0.05) is 25.7 Å². The van der Waals surface area contributed by atoms with Crippen molar-refractivity contribution in [3.8, 4) is 0 Å². The molecule has 1 fully saturated rings. The Labute approximate surface area is 141 Å². The minimum absolute atomic E-state index is 0.106. The van der Waals surface area contributed by atoms with Crippen LogP contribution in [0.5, 0.6) is 0 Å². The Bertz CT molecular complexity index is 593. The fraction of sp³-hybridized carbons (Fsp3) is 0.529. The van der Waals surface area contributed by atoms with Gasteiger partial charge in [-0.2, -0.15) is 0 Å². The second kappa shape index (κ2) is 8.23. The normalized spacial score (nSPS) is 21.2. The summed E-state index contributed by atoms with van der Waals surface area (Å²) in [5, 5.41) is 21.8. The van der Waals surface area contributed by atoms with E-state index in [2.05, 4.69) is 5.32 Å². The lowest BCUT2D eigenvalue weighted by atomic mass is 10.1. The molecule has 1 amide bonds. The highest BCUT2D eigenvalue weighted by molar-refractivity contribution is 5.78. The van der Waals surface area contributed by atoms with Gasteiger partial charge in [-0.3, -0.25) is 19.4 Å². The van der Waals surface area contributed by atoms with E-state index in [9.17, 15) is 14.7 Å². The van der Waals surface area contributed by atoms with E-state index in [1.165, 1.54) is 0 Å². The third-order valence-electron chi connectivity index (χ3n) is 4.22. The number of carboxylic acid groups (broad SMARTS) is 1. The van der Waals surface area contributed by atoms with Crippen molar-refractivity contribution in [3.63, 3.8) is 0 Å². The number of aryl methyl sites for hydroxylation is 1. The van der Waals surface area contributed by atoms with Gasteiger partial charge in [-0.15, -0.1) is 0 Å². The molecule has 7 heteroatoms. The molecule has 0 radical (unpaired) electrons. The number of benzene rings is 1. The fourth-order valence-electron chi connectivity index (χ4n) is 3.02. The summed E-state index contributed by atoms with van der Waals surface area (Å²) in [6.07, 6.45) is -0.654. The molecule has 0 spiro atoms. The van der Waals surface area contributed by atoms with Crippen LogP contribution in [-0.4, -0.2) is 77.3 Å². The number of amides is 1. The molecular formula is C17H25N3O4. The number of rotatable bonds is 7. The van der Waals surface area contributed by atoms with Gasteiger partial charge in [-0.05, 0) is 19.5 Å². The standard InChI is InChI=1S/C17H25N3O4/c1-12-4-3-5-13(6-12)7-18-16(22)10-20-8-14(15(21)9-20)19(2)11-17(23)24/h3-6,14-15,21H,7-11H2,1-2H3,(H,18,22)(H,23,24)/t14?,15-/m1/s1. The zero-order chi connectivity index (χ0) is 17.7. The first kappa shape index (κ1) is 18.4. The number of likely N-dealkylation sites (tertiary alicyclic amines) is 1. The predicted molar refractivity (Wildman–Crippen MR) is 89.5 cm³/mol. The largest absolute Gasteiger partial charge is 0.480 e. The van der Waals surface area contributed by atoms with E-state index in [1.807, 2.05) is 36.1 Å². The molecule has 1 aliphatic rings. The van der Waals surface area contributed by atoms with Crippen LogP contribution < -0.4 is 5.32 Å². The third kappa shape index (κ3) is 5.30. The Morgan fingerprint density at radius 3 is 2.79 bits per heavy atom. The molecular weight excluding hydrogens is 310 g/mol. The lowest BCUT2D eigenvalue weighted by Crippen LogP contribution is -2.43. The minimum atomic E-state index is -0.931. The van der Waals surface area contributed by atoms with E-state index in [0.717, 1.165) is 11.1 Å². The monoisotopic (exact) mass is 335 g/mol. The van der Waals surface area contributed by atoms with Crippen molar-refractivity contribution in [3.05, 3.63) is 35.4 Å². The molecule has 0 aromatic heterocycles. The molecule has 0 saturated carbocycles. The van der Waals surface area contributed by atoms with Crippen molar-refractivity contribution in [2.45, 2.75) is 25.6 Å². The molecule has 132 valence electrons. The van der Waals surface area contributed by atoms with E-state index < -0.39 is 12.1 Å². The molecule has 0 aliphatic carbocycles. The highest BCUT2D eigenvalue weighted by Gasteiger charge is 2.35. The summed E-state index contributed by atoms with van der Waals surface area (Å²) in [5.74, 6) is -1.04. The Kier molecular flexibility index (Phi) is 6.30. The number of likely N-dealkylation sites (N-methyl/N-ethyl adjacent to an activating group) is 1. The van der Waals surface area contributed by atoms with Gasteiger partial charge < -0.3 is 15.5 Å². The zero-order valence-electron chi connectivity index (χ0n) is 14.1. The maximum atomic E-state index is 12.1. The van der Waals surface area contributed by atoms with Crippen molar-refractivity contribution in [1.29, 1.82) is 0 Å². The molecule has 2 atom stereocenters. The predicted octanol–water partition coefficient (Wildman–Crippen LogP) is -0.327. The van der Waals surface area contributed by atoms with Crippen LogP contribution in [-0.2, 0) is 16.1 Å². The molecule has 1 saturated heterocycles. The topological polar surface area (TPSA) is 93.1 Å². The number of carbonyl (C=O) groups excluding carboxylic acids is 1. The molecule has 2 rings (SSSR count). The molecule has 0 bridgehead atoms. The van der Waals surface area contributed by atoms with Crippen molar-refractivity contribution < 1.29 is 19.8 Å². The minimum Gasteiger partial charge on any atom is -0.480 e. The number of nitrogens with one attached hydrogen (secondary N) is 1. The molecule has 7 nitrogen and oxygen atoms in total. The number of hydrogen-bond donors (Lipinski definition) is 3. The number of hydrogen-bond acceptors (Lipinski definition) is 5. The van der Waals surface area contributed by atoms with Gasteiger partial charge >= 0.3 is 5.97 Å². The number of nitrogens with zero attached hydrogens (tertiary/aromatic N) is 2. The zero-order valence-corrected chi connectivity index (χ0v) is 14.1. The maximum Gasteiger partial charge on any atom is 0.317 e. The summed E-state index contributed by atoms with van der Waals surface area (Å²) in [6, 6.07) is 7.67. The van der Waals surface area contributed by atoms with Crippen molar-refractivity contribution in [1.82, 2.24) is 15.1 Å². The molecule has 24 heavy (non-hydrogen) atoms. The van der Waals surface area contributed by atoms with Gasteiger partial charge in [0.15, 0.2) is 0 Å².